The van der Waals surface area contributed by atoms with Crippen molar-refractivity contribution in [2.45, 2.75) is 18.3 Å². The van der Waals surface area contributed by atoms with E-state index in [-0.39, 0.29) is 0 Å². The molecule has 0 N–H and O–H groups in total. The van der Waals surface area contributed by atoms with Gasteiger partial charge in [0.1, 0.15) is 0 Å². The van der Waals surface area contributed by atoms with Crippen molar-refractivity contribution in [3.8, 4) is 27.9 Å². The molecule has 0 radical (unpaired) electrons. The van der Waals surface area contributed by atoms with Gasteiger partial charge in [0.15, 0.2) is 0 Å². The number of anilines is 2. The van der Waals surface area contributed by atoms with Crippen molar-refractivity contribution in [2.24, 2.45) is 0 Å². The Morgan fingerprint density at radius 2 is 1.03 bits per heavy atom. The van der Waals surface area contributed by atoms with Gasteiger partial charge in [-0.2, -0.15) is 0 Å². The van der Waals surface area contributed by atoms with Crippen molar-refractivity contribution in [3.63, 3.8) is 0 Å². The Labute approximate surface area is 356 Å². The lowest BCUT2D eigenvalue weighted by molar-refractivity contribution is 0.768. The van der Waals surface area contributed by atoms with Crippen LogP contribution in [-0.4, -0.2) is 4.57 Å². The number of allylic oxidation sites excluding steroid dienone is 1. The summed E-state index contributed by atoms with van der Waals surface area (Å²) in [6.45, 7) is 0. The van der Waals surface area contributed by atoms with Gasteiger partial charge in [0.2, 0.25) is 0 Å². The maximum atomic E-state index is 2.49. The molecule has 9 aromatic carbocycles. The lowest BCUT2D eigenvalue weighted by Gasteiger charge is -2.33. The molecule has 0 atom stereocenters. The molecule has 12 rings (SSSR count). The smallest absolute Gasteiger partial charge is 0.0713 e. The molecule has 0 aliphatic heterocycles. The average molecular weight is 779 g/mol. The fourth-order valence-corrected chi connectivity index (χ4v) is 10.5. The number of hydrogen-bond donors (Lipinski definition) is 0. The molecule has 1 aromatic heterocycles. The van der Waals surface area contributed by atoms with Gasteiger partial charge in [0, 0.05) is 28.1 Å². The molecular weight excluding hydrogens is 737 g/mol. The van der Waals surface area contributed by atoms with E-state index in [9.17, 15) is 0 Å². The van der Waals surface area contributed by atoms with Crippen LogP contribution in [0.2, 0.25) is 0 Å². The first kappa shape index (κ1) is 35.3. The van der Waals surface area contributed by atoms with Crippen molar-refractivity contribution in [3.05, 3.63) is 264 Å². The first-order valence-corrected chi connectivity index (χ1v) is 21.4. The van der Waals surface area contributed by atoms with Gasteiger partial charge in [0.25, 0.3) is 0 Å². The molecule has 0 spiro atoms. The second-order valence-electron chi connectivity index (χ2n) is 16.4. The molecule has 0 bridgehead atoms. The van der Waals surface area contributed by atoms with Gasteiger partial charge >= 0.3 is 0 Å². The number of para-hydroxylation sites is 2. The van der Waals surface area contributed by atoms with Crippen LogP contribution in [0, 0.1) is 0 Å². The molecular formula is C59H42N2. The minimum Gasteiger partial charge on any atom is -0.314 e. The van der Waals surface area contributed by atoms with E-state index in [0.717, 1.165) is 24.2 Å². The van der Waals surface area contributed by atoms with Crippen LogP contribution in [0.1, 0.15) is 39.9 Å². The first-order chi connectivity index (χ1) is 30.3. The predicted octanol–water partition coefficient (Wildman–Crippen LogP) is 14.9. The lowest BCUT2D eigenvalue weighted by Crippen LogP contribution is -2.28. The van der Waals surface area contributed by atoms with Crippen molar-refractivity contribution in [1.82, 2.24) is 4.57 Å². The van der Waals surface area contributed by atoms with Gasteiger partial charge in [-0.05, 0) is 128 Å². The summed E-state index contributed by atoms with van der Waals surface area (Å²) < 4.78 is 2.45. The van der Waals surface area contributed by atoms with Gasteiger partial charge < -0.3 is 9.47 Å². The van der Waals surface area contributed by atoms with Gasteiger partial charge in [-0.3, -0.25) is 0 Å². The highest BCUT2D eigenvalue weighted by Crippen LogP contribution is 2.56. The highest BCUT2D eigenvalue weighted by Gasteiger charge is 2.46. The quantitative estimate of drug-likeness (QED) is 0.156. The molecule has 10 aromatic rings. The van der Waals surface area contributed by atoms with E-state index < -0.39 is 5.41 Å². The van der Waals surface area contributed by atoms with Crippen LogP contribution in [0.25, 0.3) is 55.7 Å². The Morgan fingerprint density at radius 3 is 1.80 bits per heavy atom. The predicted molar refractivity (Wildman–Crippen MR) is 255 cm³/mol. The molecule has 0 unspecified atom stereocenters. The summed E-state index contributed by atoms with van der Waals surface area (Å²) in [4.78, 5) is 2.49. The zero-order chi connectivity index (χ0) is 40.3. The molecule has 288 valence electrons. The van der Waals surface area contributed by atoms with Crippen LogP contribution >= 0.6 is 0 Å². The number of benzene rings is 9. The number of fused-ring (bicyclic) bond motifs is 7. The number of nitrogens with zero attached hydrogens (tertiary/aromatic N) is 2. The van der Waals surface area contributed by atoms with Crippen LogP contribution in [-0.2, 0) is 11.8 Å². The largest absolute Gasteiger partial charge is 0.314 e. The van der Waals surface area contributed by atoms with Crippen LogP contribution in [0.3, 0.4) is 0 Å². The zero-order valence-corrected chi connectivity index (χ0v) is 33.7. The van der Waals surface area contributed by atoms with Crippen LogP contribution in [0.5, 0.6) is 0 Å². The number of aromatic nitrogens is 1. The number of rotatable bonds is 7. The zero-order valence-electron chi connectivity index (χ0n) is 33.7. The number of aryl methyl sites for hydroxylation is 1. The van der Waals surface area contributed by atoms with Crippen molar-refractivity contribution < 1.29 is 0 Å². The van der Waals surface area contributed by atoms with E-state index in [2.05, 4.69) is 240 Å². The summed E-state index contributed by atoms with van der Waals surface area (Å²) in [5.41, 5.74) is 18.5. The van der Waals surface area contributed by atoms with Crippen LogP contribution in [0.4, 0.5) is 11.4 Å². The third kappa shape index (κ3) is 5.56. The Hall–Kier alpha value is -7.68. The van der Waals surface area contributed by atoms with E-state index in [1.54, 1.807) is 0 Å². The molecule has 0 fully saturated rings. The molecule has 2 aliphatic carbocycles. The van der Waals surface area contributed by atoms with E-state index in [1.807, 2.05) is 0 Å². The normalized spacial score (nSPS) is 13.7. The fraction of sp³-hybridized carbons (Fsp3) is 0.0508. The topological polar surface area (TPSA) is 8.17 Å². The van der Waals surface area contributed by atoms with Crippen molar-refractivity contribution in [2.75, 3.05) is 4.90 Å². The fourth-order valence-electron chi connectivity index (χ4n) is 10.5. The van der Waals surface area contributed by atoms with Gasteiger partial charge in [-0.1, -0.05) is 176 Å². The van der Waals surface area contributed by atoms with E-state index in [1.165, 1.54) is 88.8 Å². The molecule has 0 saturated carbocycles. The minimum atomic E-state index is -0.406. The third-order valence-corrected chi connectivity index (χ3v) is 13.2. The monoisotopic (exact) mass is 778 g/mol. The summed E-state index contributed by atoms with van der Waals surface area (Å²) in [6.07, 6.45) is 4.34. The molecule has 2 aliphatic rings. The van der Waals surface area contributed by atoms with E-state index in [0.29, 0.717) is 0 Å². The maximum absolute atomic E-state index is 2.49. The Morgan fingerprint density at radius 1 is 0.426 bits per heavy atom. The Balaban J connectivity index is 0.990. The Bertz CT molecular complexity index is 3250. The lowest BCUT2D eigenvalue weighted by atomic mass is 9.67. The molecule has 0 amide bonds. The molecule has 1 heterocycles. The molecule has 2 nitrogen and oxygen atoms in total. The van der Waals surface area contributed by atoms with Gasteiger partial charge in [0.05, 0.1) is 16.6 Å². The highest BCUT2D eigenvalue weighted by molar-refractivity contribution is 5.94. The van der Waals surface area contributed by atoms with Crippen LogP contribution in [0.15, 0.2) is 230 Å². The highest BCUT2D eigenvalue weighted by atomic mass is 15.2. The molecule has 0 saturated heterocycles. The SMILES string of the molecule is C1=C(N(c2ccc(-c3ccc4c(c3)-c3ccccc3C4(c3ccccc3)c3ccccc3)cc2)c2ccc3ccccc3c2)CCc2c1n(-c1ccccc1)c1ccccc21. The maximum Gasteiger partial charge on any atom is 0.0713 e. The van der Waals surface area contributed by atoms with Crippen molar-refractivity contribution >= 4 is 39.1 Å². The van der Waals surface area contributed by atoms with Crippen molar-refractivity contribution in [1.29, 1.82) is 0 Å². The number of hydrogen-bond acceptors (Lipinski definition) is 1. The first-order valence-electron chi connectivity index (χ1n) is 21.4. The standard InChI is InChI=1S/C59H42N2/c1-4-18-45(19-5-1)59(46-20-6-2-7-21-46)55-26-14-12-24-51(55)54-39-44(31-37-56(54)59)42-28-32-48(33-29-42)60(49-34-30-41-16-10-11-17-43(41)38-49)50-35-36-53-52-25-13-15-27-57(52)61(58(53)40-50)47-22-8-3-9-23-47/h1-34,37-40H,35-36H2. The average Bonchev–Trinajstić information content (AvgIpc) is 3.83. The van der Waals surface area contributed by atoms with Gasteiger partial charge in [-0.25, -0.2) is 0 Å². The summed E-state index contributed by atoms with van der Waals surface area (Å²) in [5.74, 6) is 0. The summed E-state index contributed by atoms with van der Waals surface area (Å²) in [6, 6.07) is 82.7. The second-order valence-corrected chi connectivity index (χ2v) is 16.4. The summed E-state index contributed by atoms with van der Waals surface area (Å²) >= 11 is 0. The second kappa shape index (κ2) is 14.3. The Kier molecular flexibility index (Phi) is 8.24. The van der Waals surface area contributed by atoms with Crippen LogP contribution < -0.4 is 4.90 Å². The van der Waals surface area contributed by atoms with E-state index in [4.69, 9.17) is 0 Å². The van der Waals surface area contributed by atoms with E-state index >= 15 is 0 Å². The summed E-state index contributed by atoms with van der Waals surface area (Å²) in [7, 11) is 0. The molecule has 61 heavy (non-hydrogen) atoms. The summed E-state index contributed by atoms with van der Waals surface area (Å²) in [5, 5.41) is 3.81. The van der Waals surface area contributed by atoms with Gasteiger partial charge in [-0.15, -0.1) is 0 Å². The third-order valence-electron chi connectivity index (χ3n) is 13.2. The minimum absolute atomic E-state index is 0.406. The molecule has 2 heteroatoms.